The van der Waals surface area contributed by atoms with E-state index >= 15 is 0 Å². The van der Waals surface area contributed by atoms with Crippen molar-refractivity contribution >= 4 is 16.1 Å². The third kappa shape index (κ3) is 4.67. The van der Waals surface area contributed by atoms with E-state index in [1.54, 1.807) is 12.4 Å². The molecule has 0 saturated carbocycles. The molecule has 1 aromatic rings. The van der Waals surface area contributed by atoms with E-state index in [-0.39, 0.29) is 18.1 Å². The SMILES string of the molecule is C[C@H](NC(=O)NC1CCN(S(C)(=O)=O)CC1)c1ccncc1. The van der Waals surface area contributed by atoms with Crippen molar-refractivity contribution in [3.63, 3.8) is 0 Å². The minimum atomic E-state index is -3.13. The van der Waals surface area contributed by atoms with Gasteiger partial charge in [-0.2, -0.15) is 0 Å². The van der Waals surface area contributed by atoms with Crippen molar-refractivity contribution < 1.29 is 13.2 Å². The molecule has 0 aromatic carbocycles. The number of carbonyl (C=O) groups is 1. The van der Waals surface area contributed by atoms with Crippen LogP contribution in [0.2, 0.25) is 0 Å². The smallest absolute Gasteiger partial charge is 0.315 e. The zero-order valence-electron chi connectivity index (χ0n) is 12.8. The molecule has 122 valence electrons. The number of hydrogen-bond donors (Lipinski definition) is 2. The summed E-state index contributed by atoms with van der Waals surface area (Å²) in [5.41, 5.74) is 0.983. The van der Waals surface area contributed by atoms with Gasteiger partial charge in [-0.25, -0.2) is 17.5 Å². The fraction of sp³-hybridized carbons (Fsp3) is 0.571. The van der Waals surface area contributed by atoms with Crippen LogP contribution in [0.5, 0.6) is 0 Å². The molecule has 1 saturated heterocycles. The highest BCUT2D eigenvalue weighted by Gasteiger charge is 2.25. The summed E-state index contributed by atoms with van der Waals surface area (Å²) in [7, 11) is -3.13. The predicted octanol–water partition coefficient (Wildman–Crippen LogP) is 0.866. The number of amides is 2. The van der Waals surface area contributed by atoms with Crippen LogP contribution in [0, 0.1) is 0 Å². The van der Waals surface area contributed by atoms with Crippen LogP contribution in [0.15, 0.2) is 24.5 Å². The Morgan fingerprint density at radius 3 is 2.45 bits per heavy atom. The summed E-state index contributed by atoms with van der Waals surface area (Å²) in [5, 5.41) is 5.78. The Balaban J connectivity index is 1.79. The first-order valence-electron chi connectivity index (χ1n) is 7.28. The standard InChI is InChI=1S/C14H22N4O3S/c1-11(12-3-7-15-8-4-12)16-14(19)17-13-5-9-18(10-6-13)22(2,20)21/h3-4,7-8,11,13H,5-6,9-10H2,1-2H3,(H2,16,17,19)/t11-/m0/s1. The van der Waals surface area contributed by atoms with E-state index in [2.05, 4.69) is 15.6 Å². The third-order valence-corrected chi connectivity index (χ3v) is 5.12. The van der Waals surface area contributed by atoms with E-state index in [9.17, 15) is 13.2 Å². The molecule has 1 atom stereocenters. The molecule has 1 aliphatic heterocycles. The van der Waals surface area contributed by atoms with Crippen molar-refractivity contribution in [1.82, 2.24) is 19.9 Å². The third-order valence-electron chi connectivity index (χ3n) is 3.81. The van der Waals surface area contributed by atoms with Crippen molar-refractivity contribution in [2.45, 2.75) is 31.8 Å². The molecule has 0 aliphatic carbocycles. The Labute approximate surface area is 131 Å². The Bertz CT molecular complexity index is 598. The molecule has 2 rings (SSSR count). The number of urea groups is 1. The van der Waals surface area contributed by atoms with E-state index in [1.807, 2.05) is 19.1 Å². The van der Waals surface area contributed by atoms with E-state index in [0.717, 1.165) is 5.56 Å². The summed E-state index contributed by atoms with van der Waals surface area (Å²) in [6, 6.07) is 3.37. The minimum absolute atomic E-state index is 0.00244. The number of pyridine rings is 1. The second kappa shape index (κ2) is 7.06. The fourth-order valence-electron chi connectivity index (χ4n) is 2.49. The normalized spacial score (nSPS) is 18.6. The van der Waals surface area contributed by atoms with E-state index in [4.69, 9.17) is 0 Å². The largest absolute Gasteiger partial charge is 0.335 e. The summed E-state index contributed by atoms with van der Waals surface area (Å²) in [5.74, 6) is 0. The maximum atomic E-state index is 12.0. The topological polar surface area (TPSA) is 91.4 Å². The molecule has 2 heterocycles. The molecular weight excluding hydrogens is 304 g/mol. The number of nitrogens with one attached hydrogen (secondary N) is 2. The monoisotopic (exact) mass is 326 g/mol. The lowest BCUT2D eigenvalue weighted by Crippen LogP contribution is -2.49. The van der Waals surface area contributed by atoms with Gasteiger partial charge >= 0.3 is 6.03 Å². The highest BCUT2D eigenvalue weighted by Crippen LogP contribution is 2.14. The number of carbonyl (C=O) groups excluding carboxylic acids is 1. The fourth-order valence-corrected chi connectivity index (χ4v) is 3.37. The first-order valence-corrected chi connectivity index (χ1v) is 9.13. The quantitative estimate of drug-likeness (QED) is 0.859. The number of rotatable bonds is 4. The Kier molecular flexibility index (Phi) is 5.36. The van der Waals surface area contributed by atoms with Crippen LogP contribution in [0.1, 0.15) is 31.4 Å². The van der Waals surface area contributed by atoms with Gasteiger partial charge in [-0.1, -0.05) is 0 Å². The van der Waals surface area contributed by atoms with Crippen LogP contribution in [-0.4, -0.2) is 49.1 Å². The summed E-state index contributed by atoms with van der Waals surface area (Å²) in [6.07, 6.45) is 5.84. The van der Waals surface area contributed by atoms with Crippen LogP contribution in [0.4, 0.5) is 4.79 Å². The Morgan fingerprint density at radius 2 is 1.91 bits per heavy atom. The van der Waals surface area contributed by atoms with Crippen LogP contribution < -0.4 is 10.6 Å². The second-order valence-corrected chi connectivity index (χ2v) is 7.54. The molecular formula is C14H22N4O3S. The van der Waals surface area contributed by atoms with E-state index in [0.29, 0.717) is 25.9 Å². The first-order chi connectivity index (χ1) is 10.4. The van der Waals surface area contributed by atoms with Gasteiger partial charge in [0.05, 0.1) is 12.3 Å². The number of piperidine rings is 1. The van der Waals surface area contributed by atoms with Gasteiger partial charge < -0.3 is 10.6 Å². The maximum Gasteiger partial charge on any atom is 0.315 e. The van der Waals surface area contributed by atoms with Crippen molar-refractivity contribution in [2.75, 3.05) is 19.3 Å². The average Bonchev–Trinajstić information content (AvgIpc) is 2.47. The van der Waals surface area contributed by atoms with Gasteiger partial charge in [0.2, 0.25) is 10.0 Å². The lowest BCUT2D eigenvalue weighted by atomic mass is 10.1. The van der Waals surface area contributed by atoms with Gasteiger partial charge in [0.1, 0.15) is 0 Å². The summed E-state index contributed by atoms with van der Waals surface area (Å²) in [6.45, 7) is 2.80. The Morgan fingerprint density at radius 1 is 1.32 bits per heavy atom. The first kappa shape index (κ1) is 16.7. The van der Waals surface area contributed by atoms with E-state index < -0.39 is 10.0 Å². The molecule has 0 spiro atoms. The lowest BCUT2D eigenvalue weighted by molar-refractivity contribution is 0.225. The minimum Gasteiger partial charge on any atom is -0.335 e. The molecule has 1 fully saturated rings. The highest BCUT2D eigenvalue weighted by atomic mass is 32.2. The molecule has 0 radical (unpaired) electrons. The van der Waals surface area contributed by atoms with Gasteiger partial charge in [0.15, 0.2) is 0 Å². The number of aromatic nitrogens is 1. The molecule has 8 heteroatoms. The molecule has 0 bridgehead atoms. The van der Waals surface area contributed by atoms with Crippen molar-refractivity contribution in [1.29, 1.82) is 0 Å². The molecule has 2 amide bonds. The predicted molar refractivity (Wildman–Crippen MR) is 83.8 cm³/mol. The highest BCUT2D eigenvalue weighted by molar-refractivity contribution is 7.88. The van der Waals surface area contributed by atoms with E-state index in [1.165, 1.54) is 10.6 Å². The summed E-state index contributed by atoms with van der Waals surface area (Å²) in [4.78, 5) is 15.9. The van der Waals surface area contributed by atoms with Gasteiger partial charge in [-0.15, -0.1) is 0 Å². The number of hydrogen-bond acceptors (Lipinski definition) is 4. The van der Waals surface area contributed by atoms with Crippen molar-refractivity contribution in [2.24, 2.45) is 0 Å². The van der Waals surface area contributed by atoms with Crippen LogP contribution in [0.3, 0.4) is 0 Å². The summed E-state index contributed by atoms with van der Waals surface area (Å²) < 4.78 is 24.3. The molecule has 1 aliphatic rings. The molecule has 1 aromatic heterocycles. The molecule has 2 N–H and O–H groups in total. The Hall–Kier alpha value is -1.67. The lowest BCUT2D eigenvalue weighted by Gasteiger charge is -2.31. The maximum absolute atomic E-state index is 12.0. The van der Waals surface area contributed by atoms with Gasteiger partial charge in [-0.3, -0.25) is 4.98 Å². The zero-order chi connectivity index (χ0) is 16.2. The van der Waals surface area contributed by atoms with Crippen LogP contribution in [0.25, 0.3) is 0 Å². The van der Waals surface area contributed by atoms with Crippen molar-refractivity contribution in [3.8, 4) is 0 Å². The zero-order valence-corrected chi connectivity index (χ0v) is 13.6. The van der Waals surface area contributed by atoms with Crippen LogP contribution in [-0.2, 0) is 10.0 Å². The molecule has 0 unspecified atom stereocenters. The van der Waals surface area contributed by atoms with Gasteiger partial charge in [-0.05, 0) is 37.5 Å². The second-order valence-electron chi connectivity index (χ2n) is 5.56. The molecule has 7 nitrogen and oxygen atoms in total. The molecule has 22 heavy (non-hydrogen) atoms. The average molecular weight is 326 g/mol. The number of sulfonamides is 1. The van der Waals surface area contributed by atoms with Crippen molar-refractivity contribution in [3.05, 3.63) is 30.1 Å². The summed E-state index contributed by atoms with van der Waals surface area (Å²) >= 11 is 0. The van der Waals surface area contributed by atoms with Gasteiger partial charge in [0.25, 0.3) is 0 Å². The van der Waals surface area contributed by atoms with Gasteiger partial charge in [0, 0.05) is 31.5 Å². The number of nitrogens with zero attached hydrogens (tertiary/aromatic N) is 2. The van der Waals surface area contributed by atoms with Crippen LogP contribution >= 0.6 is 0 Å².